The zero-order valence-corrected chi connectivity index (χ0v) is 11.6. The number of amidine groups is 1. The van der Waals surface area contributed by atoms with E-state index in [1.807, 2.05) is 0 Å². The summed E-state index contributed by atoms with van der Waals surface area (Å²) in [5.41, 5.74) is 5.32. The highest BCUT2D eigenvalue weighted by atomic mass is 19.1. The van der Waals surface area contributed by atoms with Crippen molar-refractivity contribution in [1.82, 2.24) is 5.32 Å². The van der Waals surface area contributed by atoms with Crippen LogP contribution in [0.1, 0.15) is 32.4 Å². The van der Waals surface area contributed by atoms with Crippen LogP contribution in [0.2, 0.25) is 0 Å². The van der Waals surface area contributed by atoms with Crippen molar-refractivity contribution in [3.8, 4) is 0 Å². The number of nitrogens with one attached hydrogen (secondary N) is 1. The summed E-state index contributed by atoms with van der Waals surface area (Å²) in [6, 6.07) is 4.37. The molecule has 0 aromatic heterocycles. The number of halogens is 1. The summed E-state index contributed by atoms with van der Waals surface area (Å²) in [6.07, 6.45) is -0.724. The number of nitrogens with two attached hydrogens (primary N) is 1. The van der Waals surface area contributed by atoms with Crippen LogP contribution in [0.4, 0.5) is 9.18 Å². The molecule has 0 fully saturated rings. The number of nitrogens with zero attached hydrogens (tertiary/aromatic N) is 1. The molecule has 1 atom stereocenters. The lowest BCUT2D eigenvalue weighted by molar-refractivity contribution is 0.0516. The van der Waals surface area contributed by atoms with Crippen molar-refractivity contribution < 1.29 is 19.1 Å². The Morgan fingerprint density at radius 2 is 1.95 bits per heavy atom. The first-order chi connectivity index (χ1) is 9.23. The summed E-state index contributed by atoms with van der Waals surface area (Å²) in [4.78, 5) is 11.7. The number of oxime groups is 1. The van der Waals surface area contributed by atoms with E-state index in [9.17, 15) is 9.18 Å². The maximum atomic E-state index is 12.9. The number of carbonyl (C=O) groups is 1. The van der Waals surface area contributed by atoms with E-state index in [-0.39, 0.29) is 5.84 Å². The van der Waals surface area contributed by atoms with Gasteiger partial charge in [-0.1, -0.05) is 17.3 Å². The minimum absolute atomic E-state index is 0.234. The minimum atomic E-state index is -0.907. The van der Waals surface area contributed by atoms with Gasteiger partial charge in [0.25, 0.3) is 0 Å². The van der Waals surface area contributed by atoms with Crippen molar-refractivity contribution in [3.05, 3.63) is 35.6 Å². The maximum Gasteiger partial charge on any atom is 0.408 e. The molecule has 0 aliphatic heterocycles. The topological polar surface area (TPSA) is 96.9 Å². The highest BCUT2D eigenvalue weighted by Crippen LogP contribution is 2.15. The molecule has 0 bridgehead atoms. The molecule has 110 valence electrons. The van der Waals surface area contributed by atoms with Crippen molar-refractivity contribution in [2.24, 2.45) is 10.9 Å². The predicted octanol–water partition coefficient (Wildman–Crippen LogP) is 2.14. The Labute approximate surface area is 116 Å². The molecule has 6 nitrogen and oxygen atoms in total. The molecule has 1 aromatic rings. The van der Waals surface area contributed by atoms with Gasteiger partial charge in [0.05, 0.1) is 0 Å². The second-order valence-electron chi connectivity index (χ2n) is 5.16. The van der Waals surface area contributed by atoms with E-state index < -0.39 is 23.6 Å². The van der Waals surface area contributed by atoms with Crippen LogP contribution < -0.4 is 11.1 Å². The molecule has 0 saturated heterocycles. The summed E-state index contributed by atoms with van der Waals surface area (Å²) in [5, 5.41) is 14.1. The summed E-state index contributed by atoms with van der Waals surface area (Å²) >= 11 is 0. The fourth-order valence-electron chi connectivity index (χ4n) is 1.47. The summed E-state index contributed by atoms with van der Waals surface area (Å²) in [6.45, 7) is 5.13. The van der Waals surface area contributed by atoms with Gasteiger partial charge in [-0.05, 0) is 38.5 Å². The van der Waals surface area contributed by atoms with Crippen LogP contribution in [0.3, 0.4) is 0 Å². The van der Waals surface area contributed by atoms with E-state index in [2.05, 4.69) is 10.5 Å². The van der Waals surface area contributed by atoms with E-state index in [4.69, 9.17) is 15.7 Å². The van der Waals surface area contributed by atoms with Crippen LogP contribution >= 0.6 is 0 Å². The Bertz CT molecular complexity index is 495. The zero-order chi connectivity index (χ0) is 15.3. The van der Waals surface area contributed by atoms with E-state index in [0.29, 0.717) is 5.56 Å². The molecule has 0 aliphatic rings. The monoisotopic (exact) mass is 283 g/mol. The van der Waals surface area contributed by atoms with Gasteiger partial charge in [-0.2, -0.15) is 0 Å². The number of hydrogen-bond acceptors (Lipinski definition) is 4. The normalized spacial score (nSPS) is 13.7. The lowest BCUT2D eigenvalue weighted by Crippen LogP contribution is -2.40. The van der Waals surface area contributed by atoms with Gasteiger partial charge in [-0.15, -0.1) is 0 Å². The van der Waals surface area contributed by atoms with Crippen molar-refractivity contribution in [1.29, 1.82) is 0 Å². The van der Waals surface area contributed by atoms with Crippen LogP contribution in [0.15, 0.2) is 29.4 Å². The third-order valence-corrected chi connectivity index (χ3v) is 2.28. The SMILES string of the molecule is CC(C)(C)OC(=O)NC(C(N)=NO)c1ccc(F)cc1. The number of carbonyl (C=O) groups excluding carboxylic acids is 1. The van der Waals surface area contributed by atoms with Gasteiger partial charge < -0.3 is 21.0 Å². The number of benzene rings is 1. The smallest absolute Gasteiger partial charge is 0.408 e. The van der Waals surface area contributed by atoms with Crippen molar-refractivity contribution in [3.63, 3.8) is 0 Å². The first-order valence-corrected chi connectivity index (χ1v) is 5.95. The molecule has 1 aromatic carbocycles. The molecular weight excluding hydrogens is 265 g/mol. The molecule has 1 unspecified atom stereocenters. The summed E-state index contributed by atoms with van der Waals surface area (Å²) in [7, 11) is 0. The fraction of sp³-hybridized carbons (Fsp3) is 0.385. The van der Waals surface area contributed by atoms with Crippen molar-refractivity contribution in [2.45, 2.75) is 32.4 Å². The third kappa shape index (κ3) is 4.75. The molecule has 0 spiro atoms. The lowest BCUT2D eigenvalue weighted by Gasteiger charge is -2.23. The van der Waals surface area contributed by atoms with E-state index >= 15 is 0 Å². The number of ether oxygens (including phenoxy) is 1. The average Bonchev–Trinajstić information content (AvgIpc) is 2.34. The first-order valence-electron chi connectivity index (χ1n) is 5.95. The lowest BCUT2D eigenvalue weighted by atomic mass is 10.1. The Morgan fingerprint density at radius 1 is 1.40 bits per heavy atom. The predicted molar refractivity (Wildman–Crippen MR) is 71.9 cm³/mol. The Balaban J connectivity index is 2.91. The molecule has 0 heterocycles. The standard InChI is InChI=1S/C13H18FN3O3/c1-13(2,3)20-12(18)16-10(11(15)17-19)8-4-6-9(14)7-5-8/h4-7,10,19H,1-3H3,(H2,15,17)(H,16,18). The van der Waals surface area contributed by atoms with Gasteiger partial charge in [0.15, 0.2) is 5.84 Å². The fourth-order valence-corrected chi connectivity index (χ4v) is 1.47. The second kappa shape index (κ2) is 6.23. The maximum absolute atomic E-state index is 12.9. The van der Waals surface area contributed by atoms with Crippen molar-refractivity contribution >= 4 is 11.9 Å². The highest BCUT2D eigenvalue weighted by molar-refractivity contribution is 5.89. The summed E-state index contributed by atoms with van der Waals surface area (Å²) in [5.74, 6) is -0.660. The van der Waals surface area contributed by atoms with E-state index in [0.717, 1.165) is 0 Å². The molecule has 0 saturated carbocycles. The molecule has 1 rings (SSSR count). The van der Waals surface area contributed by atoms with Gasteiger partial charge in [0.2, 0.25) is 0 Å². The molecular formula is C13H18FN3O3. The molecule has 7 heteroatoms. The average molecular weight is 283 g/mol. The number of rotatable bonds is 3. The first kappa shape index (κ1) is 15.7. The van der Waals surface area contributed by atoms with Crippen LogP contribution in [-0.2, 0) is 4.74 Å². The Hall–Kier alpha value is -2.31. The van der Waals surface area contributed by atoms with Crippen molar-refractivity contribution in [2.75, 3.05) is 0 Å². The minimum Gasteiger partial charge on any atom is -0.444 e. The third-order valence-electron chi connectivity index (χ3n) is 2.28. The molecule has 0 aliphatic carbocycles. The Morgan fingerprint density at radius 3 is 2.40 bits per heavy atom. The van der Waals surface area contributed by atoms with Gasteiger partial charge in [-0.3, -0.25) is 0 Å². The highest BCUT2D eigenvalue weighted by Gasteiger charge is 2.23. The van der Waals surface area contributed by atoms with Crippen LogP contribution in [0.5, 0.6) is 0 Å². The molecule has 20 heavy (non-hydrogen) atoms. The molecule has 0 radical (unpaired) electrons. The van der Waals surface area contributed by atoms with Gasteiger partial charge in [0, 0.05) is 0 Å². The van der Waals surface area contributed by atoms with Gasteiger partial charge in [-0.25, -0.2) is 9.18 Å². The Kier molecular flexibility index (Phi) is 4.90. The molecule has 4 N–H and O–H groups in total. The van der Waals surface area contributed by atoms with Crippen LogP contribution in [0, 0.1) is 5.82 Å². The van der Waals surface area contributed by atoms with E-state index in [1.54, 1.807) is 20.8 Å². The van der Waals surface area contributed by atoms with E-state index in [1.165, 1.54) is 24.3 Å². The largest absolute Gasteiger partial charge is 0.444 e. The van der Waals surface area contributed by atoms with Gasteiger partial charge in [0.1, 0.15) is 17.5 Å². The number of hydrogen-bond donors (Lipinski definition) is 3. The van der Waals surface area contributed by atoms with Gasteiger partial charge >= 0.3 is 6.09 Å². The molecule has 1 amide bonds. The van der Waals surface area contributed by atoms with Crippen LogP contribution in [0.25, 0.3) is 0 Å². The quantitative estimate of drug-likeness (QED) is 0.342. The second-order valence-corrected chi connectivity index (χ2v) is 5.16. The van der Waals surface area contributed by atoms with Crippen LogP contribution in [-0.4, -0.2) is 22.7 Å². The number of amides is 1. The zero-order valence-electron chi connectivity index (χ0n) is 11.6. The number of alkyl carbamates (subject to hydrolysis) is 1. The summed E-state index contributed by atoms with van der Waals surface area (Å²) < 4.78 is 18.0.